The number of nitrogens with one attached hydrogen (secondary N) is 2. The monoisotopic (exact) mass is 410 g/mol. The van der Waals surface area contributed by atoms with Crippen LogP contribution in [0.3, 0.4) is 0 Å². The summed E-state index contributed by atoms with van der Waals surface area (Å²) in [5.41, 5.74) is 0. The molecule has 0 aromatic carbocycles. The molecule has 0 saturated heterocycles. The predicted octanol–water partition coefficient (Wildman–Crippen LogP) is 2.11. The number of methoxy groups -OCH3 is 1. The molecule has 0 atom stereocenters. The number of hydrogen-bond donors (Lipinski definition) is 2. The van der Waals surface area contributed by atoms with E-state index < -0.39 is 0 Å². The zero-order chi connectivity index (χ0) is 16.5. The van der Waals surface area contributed by atoms with E-state index in [0.717, 1.165) is 17.5 Å². The Bertz CT molecular complexity index is 621. The van der Waals surface area contributed by atoms with E-state index in [4.69, 9.17) is 9.15 Å². The molecule has 0 unspecified atom stereocenters. The predicted molar refractivity (Wildman–Crippen MR) is 103 cm³/mol. The average molecular weight is 411 g/mol. The first-order valence-electron chi connectivity index (χ1n) is 7.37. The van der Waals surface area contributed by atoms with Crippen molar-refractivity contribution in [2.75, 3.05) is 33.4 Å². The van der Waals surface area contributed by atoms with Crippen LogP contribution in [0.1, 0.15) is 16.3 Å². The smallest absolute Gasteiger partial charge is 0.287 e. The molecule has 0 fully saturated rings. The summed E-state index contributed by atoms with van der Waals surface area (Å²) in [6.07, 6.45) is 3.65. The number of nitrogens with zero attached hydrogens (tertiary/aromatic N) is 2. The lowest BCUT2D eigenvalue weighted by Gasteiger charge is -2.05. The van der Waals surface area contributed by atoms with Crippen LogP contribution >= 0.6 is 36.6 Å². The van der Waals surface area contributed by atoms with Crippen LogP contribution in [-0.2, 0) is 17.5 Å². The van der Waals surface area contributed by atoms with Gasteiger partial charge in [-0.2, -0.15) is 0 Å². The van der Waals surface area contributed by atoms with Gasteiger partial charge >= 0.3 is 0 Å². The van der Waals surface area contributed by atoms with Gasteiger partial charge in [-0.1, -0.05) is 11.8 Å². The van der Waals surface area contributed by atoms with Crippen molar-refractivity contribution >= 4 is 42.5 Å². The fourth-order valence-electron chi connectivity index (χ4n) is 1.85. The number of thioether (sulfide) groups is 1. The quantitative estimate of drug-likeness (QED) is 0.461. The van der Waals surface area contributed by atoms with Crippen molar-refractivity contribution in [2.24, 2.45) is 7.05 Å². The Labute approximate surface area is 164 Å². The lowest BCUT2D eigenvalue weighted by Crippen LogP contribution is -2.32. The highest BCUT2D eigenvalue weighted by molar-refractivity contribution is 7.98. The van der Waals surface area contributed by atoms with E-state index >= 15 is 0 Å². The van der Waals surface area contributed by atoms with Crippen LogP contribution in [-0.4, -0.2) is 48.8 Å². The minimum atomic E-state index is -0.202. The van der Waals surface area contributed by atoms with Crippen molar-refractivity contribution < 1.29 is 13.9 Å². The van der Waals surface area contributed by atoms with Gasteiger partial charge < -0.3 is 24.4 Å². The molecular formula is C15H24Cl2N4O3S. The summed E-state index contributed by atoms with van der Waals surface area (Å²) < 4.78 is 12.4. The Morgan fingerprint density at radius 1 is 1.32 bits per heavy atom. The van der Waals surface area contributed by atoms with Gasteiger partial charge in [0.25, 0.3) is 5.91 Å². The van der Waals surface area contributed by atoms with E-state index in [1.807, 2.05) is 23.9 Å². The molecule has 142 valence electrons. The van der Waals surface area contributed by atoms with Gasteiger partial charge in [-0.15, -0.1) is 24.8 Å². The summed E-state index contributed by atoms with van der Waals surface area (Å²) in [6, 6.07) is 3.52. The summed E-state index contributed by atoms with van der Waals surface area (Å²) in [5, 5.41) is 6.88. The number of carbonyl (C=O) groups excluding carboxylic acids is 1. The van der Waals surface area contributed by atoms with Gasteiger partial charge in [0.2, 0.25) is 0 Å². The Kier molecular flexibility index (Phi) is 12.5. The molecule has 0 aliphatic heterocycles. The first-order valence-corrected chi connectivity index (χ1v) is 8.36. The minimum absolute atomic E-state index is 0. The van der Waals surface area contributed by atoms with Crippen molar-refractivity contribution in [3.8, 4) is 0 Å². The summed E-state index contributed by atoms with van der Waals surface area (Å²) >= 11 is 1.57. The molecule has 7 nitrogen and oxygen atoms in total. The average Bonchev–Trinajstić information content (AvgIpc) is 3.17. The second kappa shape index (κ2) is 13.1. The molecule has 10 heteroatoms. The van der Waals surface area contributed by atoms with Gasteiger partial charge in [-0.3, -0.25) is 4.79 Å². The Hall–Kier alpha value is -1.19. The van der Waals surface area contributed by atoms with E-state index in [9.17, 15) is 4.79 Å². The van der Waals surface area contributed by atoms with Gasteiger partial charge in [-0.05, 0) is 12.1 Å². The zero-order valence-corrected chi connectivity index (χ0v) is 16.6. The van der Waals surface area contributed by atoms with Gasteiger partial charge in [-0.25, -0.2) is 4.98 Å². The van der Waals surface area contributed by atoms with Crippen LogP contribution < -0.4 is 10.6 Å². The number of furan rings is 1. The molecule has 0 aliphatic carbocycles. The number of rotatable bonds is 10. The third kappa shape index (κ3) is 8.15. The summed E-state index contributed by atoms with van der Waals surface area (Å²) in [5.74, 6) is 1.52. The van der Waals surface area contributed by atoms with Crippen molar-refractivity contribution in [2.45, 2.75) is 10.9 Å². The molecule has 0 radical (unpaired) electrons. The van der Waals surface area contributed by atoms with Crippen LogP contribution in [0.4, 0.5) is 0 Å². The molecule has 1 amide bonds. The molecule has 0 bridgehead atoms. The number of ether oxygens (including phenoxy) is 1. The maximum absolute atomic E-state index is 12.0. The normalized spacial score (nSPS) is 10.0. The molecule has 2 aromatic heterocycles. The Balaban J connectivity index is 0.00000288. The van der Waals surface area contributed by atoms with Crippen molar-refractivity contribution in [3.05, 3.63) is 36.0 Å². The minimum Gasteiger partial charge on any atom is -0.455 e. The highest BCUT2D eigenvalue weighted by Crippen LogP contribution is 2.21. The summed E-state index contributed by atoms with van der Waals surface area (Å²) in [4.78, 5) is 16.2. The van der Waals surface area contributed by atoms with Gasteiger partial charge in [0, 0.05) is 46.2 Å². The van der Waals surface area contributed by atoms with Gasteiger partial charge in [0.05, 0.1) is 12.4 Å². The molecular weight excluding hydrogens is 387 g/mol. The Morgan fingerprint density at radius 3 is 2.80 bits per heavy atom. The largest absolute Gasteiger partial charge is 0.455 e. The molecule has 0 aliphatic rings. The maximum Gasteiger partial charge on any atom is 0.287 e. The van der Waals surface area contributed by atoms with Crippen LogP contribution in [0, 0.1) is 0 Å². The maximum atomic E-state index is 12.0. The van der Waals surface area contributed by atoms with E-state index in [1.54, 1.807) is 31.1 Å². The van der Waals surface area contributed by atoms with Gasteiger partial charge in [0.15, 0.2) is 10.9 Å². The first kappa shape index (κ1) is 23.8. The molecule has 2 N–H and O–H groups in total. The van der Waals surface area contributed by atoms with Crippen LogP contribution in [0.2, 0.25) is 0 Å². The summed E-state index contributed by atoms with van der Waals surface area (Å²) in [6.45, 7) is 2.66. The second-order valence-corrected chi connectivity index (χ2v) is 5.82. The number of aromatic nitrogens is 2. The highest BCUT2D eigenvalue weighted by atomic mass is 35.5. The number of hydrogen-bond acceptors (Lipinski definition) is 6. The van der Waals surface area contributed by atoms with Crippen molar-refractivity contribution in [1.82, 2.24) is 20.2 Å². The third-order valence-corrected chi connectivity index (χ3v) is 4.16. The number of carbonyl (C=O) groups is 1. The topological polar surface area (TPSA) is 81.3 Å². The fraction of sp³-hybridized carbons (Fsp3) is 0.467. The van der Waals surface area contributed by atoms with Crippen LogP contribution in [0.15, 0.2) is 34.1 Å². The second-order valence-electron chi connectivity index (χ2n) is 4.87. The van der Waals surface area contributed by atoms with E-state index in [-0.39, 0.29) is 30.7 Å². The van der Waals surface area contributed by atoms with Crippen molar-refractivity contribution in [1.29, 1.82) is 0 Å². The van der Waals surface area contributed by atoms with Crippen LogP contribution in [0.25, 0.3) is 0 Å². The number of amides is 1. The van der Waals surface area contributed by atoms with E-state index in [0.29, 0.717) is 31.2 Å². The molecule has 0 spiro atoms. The van der Waals surface area contributed by atoms with E-state index in [1.165, 1.54) is 0 Å². The van der Waals surface area contributed by atoms with Crippen molar-refractivity contribution in [3.63, 3.8) is 0 Å². The number of halogens is 2. The molecule has 2 aromatic rings. The molecule has 0 saturated carbocycles. The standard InChI is InChI=1S/C15H22N4O3S.2ClH/c1-19-9-7-18-15(19)23-11-12-3-4-13(22-12)14(20)17-6-5-16-8-10-21-2;;/h3-4,7,9,16H,5-6,8,10-11H2,1-2H3,(H,17,20);2*1H. The van der Waals surface area contributed by atoms with Gasteiger partial charge in [0.1, 0.15) is 5.76 Å². The molecule has 2 rings (SSSR count). The third-order valence-electron chi connectivity index (χ3n) is 3.08. The molecule has 2 heterocycles. The number of aryl methyl sites for hydroxylation is 1. The lowest BCUT2D eigenvalue weighted by molar-refractivity contribution is 0.0924. The fourth-order valence-corrected chi connectivity index (χ4v) is 2.68. The zero-order valence-electron chi connectivity index (χ0n) is 14.2. The Morgan fingerprint density at radius 2 is 2.12 bits per heavy atom. The first-order chi connectivity index (χ1) is 11.2. The lowest BCUT2D eigenvalue weighted by atomic mass is 10.4. The highest BCUT2D eigenvalue weighted by Gasteiger charge is 2.11. The SMILES string of the molecule is COCCNCCNC(=O)c1ccc(CSc2nccn2C)o1.Cl.Cl. The van der Waals surface area contributed by atoms with Crippen LogP contribution in [0.5, 0.6) is 0 Å². The van der Waals surface area contributed by atoms with E-state index in [2.05, 4.69) is 15.6 Å². The summed E-state index contributed by atoms with van der Waals surface area (Å²) in [7, 11) is 3.60. The number of imidazole rings is 1. The molecule has 25 heavy (non-hydrogen) atoms.